The van der Waals surface area contributed by atoms with Crippen LogP contribution in [0.3, 0.4) is 0 Å². The summed E-state index contributed by atoms with van der Waals surface area (Å²) in [5.74, 6) is 0.121. The molecule has 2 aromatic heterocycles. The smallest absolute Gasteiger partial charge is 0.152 e. The molecule has 0 bridgehead atoms. The van der Waals surface area contributed by atoms with Crippen LogP contribution in [0, 0.1) is 0 Å². The van der Waals surface area contributed by atoms with Crippen molar-refractivity contribution >= 4 is 16.8 Å². The first-order valence-corrected chi connectivity index (χ1v) is 4.07. The first-order valence-electron chi connectivity index (χ1n) is 4.07. The minimum Gasteiger partial charge on any atom is -0.463 e. The van der Waals surface area contributed by atoms with Crippen LogP contribution in [0.4, 0.5) is 0 Å². The number of carbonyl (C=O) groups excluding carboxylic acids is 1. The zero-order chi connectivity index (χ0) is 9.26. The summed E-state index contributed by atoms with van der Waals surface area (Å²) in [6.07, 6.45) is 3.65. The van der Waals surface area contributed by atoms with Crippen LogP contribution in [0.1, 0.15) is 12.6 Å². The van der Waals surface area contributed by atoms with Gasteiger partial charge in [-0.25, -0.2) is 0 Å². The fourth-order valence-corrected chi connectivity index (χ4v) is 1.27. The van der Waals surface area contributed by atoms with Crippen LogP contribution >= 0.6 is 0 Å². The number of aromatic nitrogens is 1. The van der Waals surface area contributed by atoms with E-state index in [4.69, 9.17) is 4.42 Å². The fraction of sp³-hybridized carbons (Fsp3) is 0.200. The first-order chi connectivity index (χ1) is 6.25. The standard InChI is InChI=1S/C10H9NO2/c1-7(12)4-9-5-8-2-3-13-10(8)6-11-9/h2-3,5-6H,4H2,1H3. The lowest BCUT2D eigenvalue weighted by atomic mass is 10.2. The summed E-state index contributed by atoms with van der Waals surface area (Å²) in [5.41, 5.74) is 1.55. The van der Waals surface area contributed by atoms with Crippen molar-refractivity contribution in [1.29, 1.82) is 0 Å². The highest BCUT2D eigenvalue weighted by Crippen LogP contribution is 2.14. The van der Waals surface area contributed by atoms with Crippen LogP contribution in [-0.4, -0.2) is 10.8 Å². The molecule has 0 aliphatic rings. The minimum absolute atomic E-state index is 0.121. The number of pyridine rings is 1. The molecule has 0 saturated carbocycles. The van der Waals surface area contributed by atoms with Gasteiger partial charge in [0.25, 0.3) is 0 Å². The molecule has 0 fully saturated rings. The van der Waals surface area contributed by atoms with Crippen molar-refractivity contribution in [2.75, 3.05) is 0 Å². The van der Waals surface area contributed by atoms with Crippen LogP contribution in [0.2, 0.25) is 0 Å². The van der Waals surface area contributed by atoms with E-state index in [1.807, 2.05) is 12.1 Å². The van der Waals surface area contributed by atoms with Gasteiger partial charge in [-0.15, -0.1) is 0 Å². The molecule has 2 aromatic rings. The zero-order valence-electron chi connectivity index (χ0n) is 7.28. The van der Waals surface area contributed by atoms with Gasteiger partial charge in [0.05, 0.1) is 12.5 Å². The SMILES string of the molecule is CC(=O)Cc1cc2ccoc2cn1. The maximum atomic E-state index is 10.8. The molecular formula is C10H9NO2. The van der Waals surface area contributed by atoms with Crippen molar-refractivity contribution in [3.63, 3.8) is 0 Å². The number of nitrogens with zero attached hydrogens (tertiary/aromatic N) is 1. The van der Waals surface area contributed by atoms with Gasteiger partial charge in [-0.1, -0.05) is 0 Å². The highest BCUT2D eigenvalue weighted by Gasteiger charge is 2.02. The summed E-state index contributed by atoms with van der Waals surface area (Å²) in [6, 6.07) is 3.74. The van der Waals surface area contributed by atoms with Crippen molar-refractivity contribution in [2.45, 2.75) is 13.3 Å². The molecule has 0 amide bonds. The number of ketones is 1. The second-order valence-corrected chi connectivity index (χ2v) is 3.01. The molecule has 0 saturated heterocycles. The molecule has 0 atom stereocenters. The zero-order valence-corrected chi connectivity index (χ0v) is 7.28. The van der Waals surface area contributed by atoms with Gasteiger partial charge in [-0.3, -0.25) is 9.78 Å². The van der Waals surface area contributed by atoms with Gasteiger partial charge in [0, 0.05) is 17.5 Å². The lowest BCUT2D eigenvalue weighted by molar-refractivity contribution is -0.116. The van der Waals surface area contributed by atoms with E-state index < -0.39 is 0 Å². The first kappa shape index (κ1) is 7.98. The van der Waals surface area contributed by atoms with Gasteiger partial charge >= 0.3 is 0 Å². The van der Waals surface area contributed by atoms with Crippen LogP contribution in [0.15, 0.2) is 29.0 Å². The number of fused-ring (bicyclic) bond motifs is 1. The molecule has 0 unspecified atom stereocenters. The summed E-state index contributed by atoms with van der Waals surface area (Å²) in [6.45, 7) is 1.56. The Balaban J connectivity index is 2.42. The fourth-order valence-electron chi connectivity index (χ4n) is 1.27. The second-order valence-electron chi connectivity index (χ2n) is 3.01. The van der Waals surface area contributed by atoms with Gasteiger partial charge in [-0.05, 0) is 19.1 Å². The van der Waals surface area contributed by atoms with E-state index in [9.17, 15) is 4.79 Å². The van der Waals surface area contributed by atoms with Gasteiger partial charge in [0.1, 0.15) is 5.78 Å². The topological polar surface area (TPSA) is 43.1 Å². The highest BCUT2D eigenvalue weighted by molar-refractivity contribution is 5.80. The molecule has 0 radical (unpaired) electrons. The van der Waals surface area contributed by atoms with Gasteiger partial charge in [0.2, 0.25) is 0 Å². The number of carbonyl (C=O) groups is 1. The maximum Gasteiger partial charge on any atom is 0.152 e. The van der Waals surface area contributed by atoms with E-state index in [-0.39, 0.29) is 5.78 Å². The number of Topliss-reactive ketones (excluding diaryl/α,β-unsaturated/α-hetero) is 1. The van der Waals surface area contributed by atoms with Crippen molar-refractivity contribution in [3.05, 3.63) is 30.3 Å². The summed E-state index contributed by atoms with van der Waals surface area (Å²) < 4.78 is 5.13. The quantitative estimate of drug-likeness (QED) is 0.700. The Labute approximate surface area is 75.4 Å². The number of hydrogen-bond donors (Lipinski definition) is 0. The van der Waals surface area contributed by atoms with Crippen molar-refractivity contribution in [1.82, 2.24) is 4.98 Å². The van der Waals surface area contributed by atoms with Crippen molar-refractivity contribution in [2.24, 2.45) is 0 Å². The number of rotatable bonds is 2. The Morgan fingerprint density at radius 3 is 3.23 bits per heavy atom. The van der Waals surface area contributed by atoms with Crippen LogP contribution < -0.4 is 0 Å². The third kappa shape index (κ3) is 1.59. The highest BCUT2D eigenvalue weighted by atomic mass is 16.3. The van der Waals surface area contributed by atoms with Gasteiger partial charge < -0.3 is 4.42 Å². The average molecular weight is 175 g/mol. The molecule has 0 aromatic carbocycles. The Morgan fingerprint density at radius 2 is 2.46 bits per heavy atom. The van der Waals surface area contributed by atoms with E-state index in [0.717, 1.165) is 16.7 Å². The van der Waals surface area contributed by atoms with Gasteiger partial charge in [0.15, 0.2) is 5.58 Å². The molecule has 13 heavy (non-hydrogen) atoms. The molecule has 2 heterocycles. The molecule has 0 N–H and O–H groups in total. The Morgan fingerprint density at radius 1 is 1.62 bits per heavy atom. The number of furan rings is 1. The maximum absolute atomic E-state index is 10.8. The van der Waals surface area contributed by atoms with E-state index in [0.29, 0.717) is 6.42 Å². The van der Waals surface area contributed by atoms with Crippen LogP contribution in [0.5, 0.6) is 0 Å². The summed E-state index contributed by atoms with van der Waals surface area (Å²) in [5, 5.41) is 0.992. The molecule has 66 valence electrons. The molecular weight excluding hydrogens is 166 g/mol. The third-order valence-corrected chi connectivity index (χ3v) is 1.83. The molecule has 3 nitrogen and oxygen atoms in total. The predicted molar refractivity (Wildman–Crippen MR) is 48.4 cm³/mol. The summed E-state index contributed by atoms with van der Waals surface area (Å²) >= 11 is 0. The van der Waals surface area contributed by atoms with Crippen molar-refractivity contribution < 1.29 is 9.21 Å². The molecule has 2 rings (SSSR count). The third-order valence-electron chi connectivity index (χ3n) is 1.83. The average Bonchev–Trinajstić information content (AvgIpc) is 2.49. The largest absolute Gasteiger partial charge is 0.463 e. The molecule has 0 aliphatic carbocycles. The number of hydrogen-bond acceptors (Lipinski definition) is 3. The monoisotopic (exact) mass is 175 g/mol. The molecule has 0 spiro atoms. The predicted octanol–water partition coefficient (Wildman–Crippen LogP) is 1.96. The summed E-state index contributed by atoms with van der Waals surface area (Å²) in [4.78, 5) is 14.9. The van der Waals surface area contributed by atoms with E-state index >= 15 is 0 Å². The van der Waals surface area contributed by atoms with Gasteiger partial charge in [-0.2, -0.15) is 0 Å². The molecule has 0 aliphatic heterocycles. The lowest BCUT2D eigenvalue weighted by Crippen LogP contribution is -1.98. The Kier molecular flexibility index (Phi) is 1.85. The second kappa shape index (κ2) is 3.01. The van der Waals surface area contributed by atoms with Crippen molar-refractivity contribution in [3.8, 4) is 0 Å². The van der Waals surface area contributed by atoms with E-state index in [2.05, 4.69) is 4.98 Å². The summed E-state index contributed by atoms with van der Waals surface area (Å²) in [7, 11) is 0. The van der Waals surface area contributed by atoms with Crippen LogP contribution in [0.25, 0.3) is 11.0 Å². The van der Waals surface area contributed by atoms with E-state index in [1.165, 1.54) is 0 Å². The Hall–Kier alpha value is -1.64. The van der Waals surface area contributed by atoms with E-state index in [1.54, 1.807) is 19.4 Å². The molecule has 3 heteroatoms. The van der Waals surface area contributed by atoms with Crippen LogP contribution in [-0.2, 0) is 11.2 Å². The Bertz CT molecular complexity index is 445. The minimum atomic E-state index is 0.121. The normalized spacial score (nSPS) is 10.5. The lowest BCUT2D eigenvalue weighted by Gasteiger charge is -1.95.